The number of hydrogen-bond acceptors (Lipinski definition) is 4. The van der Waals surface area contributed by atoms with E-state index in [2.05, 4.69) is 10.3 Å². The molecule has 88 valence electrons. The number of carbonyl (C=O) groups excluding carboxylic acids is 1. The van der Waals surface area contributed by atoms with Gasteiger partial charge in [-0.3, -0.25) is 5.32 Å². The number of nitrogens with one attached hydrogen (secondary N) is 1. The van der Waals surface area contributed by atoms with Gasteiger partial charge in [0.05, 0.1) is 7.11 Å². The van der Waals surface area contributed by atoms with Crippen LogP contribution in [-0.4, -0.2) is 23.8 Å². The minimum atomic E-state index is -0.529. The van der Waals surface area contributed by atoms with E-state index in [0.717, 1.165) is 0 Å². The zero-order chi connectivity index (χ0) is 12.2. The molecule has 0 aliphatic heterocycles. The number of methoxy groups -OCH3 is 1. The molecule has 0 spiro atoms. The van der Waals surface area contributed by atoms with Crippen LogP contribution in [-0.2, 0) is 4.74 Å². The standard InChI is InChI=1S/C11H16N2O3/c1-11(2,3)16-10(14)13-8-6-5-7-12-9(8)15-4/h5-7H,1-4H3,(H,13,14). The highest BCUT2D eigenvalue weighted by atomic mass is 16.6. The molecular formula is C11H16N2O3. The first kappa shape index (κ1) is 12.3. The van der Waals surface area contributed by atoms with Crippen molar-refractivity contribution in [2.24, 2.45) is 0 Å². The van der Waals surface area contributed by atoms with E-state index >= 15 is 0 Å². The highest BCUT2D eigenvalue weighted by molar-refractivity contribution is 5.86. The number of ether oxygens (including phenoxy) is 2. The van der Waals surface area contributed by atoms with Gasteiger partial charge in [-0.15, -0.1) is 0 Å². The van der Waals surface area contributed by atoms with Crippen molar-refractivity contribution in [3.05, 3.63) is 18.3 Å². The SMILES string of the molecule is COc1ncccc1NC(=O)OC(C)(C)C. The van der Waals surface area contributed by atoms with Gasteiger partial charge in [0.25, 0.3) is 0 Å². The fourth-order valence-electron chi connectivity index (χ4n) is 1.06. The zero-order valence-electron chi connectivity index (χ0n) is 9.90. The number of pyridine rings is 1. The molecule has 5 heteroatoms. The molecule has 1 heterocycles. The lowest BCUT2D eigenvalue weighted by Crippen LogP contribution is -2.27. The van der Waals surface area contributed by atoms with Gasteiger partial charge in [0.2, 0.25) is 5.88 Å². The van der Waals surface area contributed by atoms with Gasteiger partial charge >= 0.3 is 6.09 Å². The smallest absolute Gasteiger partial charge is 0.412 e. The maximum Gasteiger partial charge on any atom is 0.412 e. The average Bonchev–Trinajstić information content (AvgIpc) is 2.15. The van der Waals surface area contributed by atoms with E-state index in [1.165, 1.54) is 7.11 Å². The second-order valence-corrected chi connectivity index (χ2v) is 4.19. The van der Waals surface area contributed by atoms with Crippen LogP contribution in [0.2, 0.25) is 0 Å². The molecule has 0 aliphatic rings. The van der Waals surface area contributed by atoms with Crippen molar-refractivity contribution in [1.82, 2.24) is 4.98 Å². The fraction of sp³-hybridized carbons (Fsp3) is 0.455. The summed E-state index contributed by atoms with van der Waals surface area (Å²) >= 11 is 0. The molecule has 0 aliphatic carbocycles. The molecule has 16 heavy (non-hydrogen) atoms. The lowest BCUT2D eigenvalue weighted by Gasteiger charge is -2.19. The van der Waals surface area contributed by atoms with Gasteiger partial charge in [0.15, 0.2) is 0 Å². The van der Waals surface area contributed by atoms with Gasteiger partial charge in [-0.25, -0.2) is 9.78 Å². The Labute approximate surface area is 94.8 Å². The van der Waals surface area contributed by atoms with Crippen LogP contribution < -0.4 is 10.1 Å². The lowest BCUT2D eigenvalue weighted by atomic mass is 10.2. The first-order valence-electron chi connectivity index (χ1n) is 4.91. The Hall–Kier alpha value is -1.78. The third kappa shape index (κ3) is 3.76. The molecule has 0 unspecified atom stereocenters. The maximum atomic E-state index is 11.5. The second kappa shape index (κ2) is 4.83. The van der Waals surface area contributed by atoms with E-state index in [9.17, 15) is 4.79 Å². The van der Waals surface area contributed by atoms with Crippen LogP contribution in [0.15, 0.2) is 18.3 Å². The number of hydrogen-bond donors (Lipinski definition) is 1. The first-order valence-corrected chi connectivity index (χ1v) is 4.91. The minimum Gasteiger partial charge on any atom is -0.480 e. The van der Waals surface area contributed by atoms with Gasteiger partial charge in [-0.05, 0) is 32.9 Å². The number of aromatic nitrogens is 1. The van der Waals surface area contributed by atoms with E-state index in [1.807, 2.05) is 0 Å². The Bertz CT molecular complexity index is 372. The molecule has 1 amide bonds. The van der Waals surface area contributed by atoms with Crippen molar-refractivity contribution in [3.63, 3.8) is 0 Å². The average molecular weight is 224 g/mol. The van der Waals surface area contributed by atoms with E-state index in [0.29, 0.717) is 11.6 Å². The molecular weight excluding hydrogens is 208 g/mol. The molecule has 1 N–H and O–H groups in total. The van der Waals surface area contributed by atoms with Crippen LogP contribution in [0.4, 0.5) is 10.5 Å². The first-order chi connectivity index (χ1) is 7.42. The van der Waals surface area contributed by atoms with Gasteiger partial charge in [-0.1, -0.05) is 0 Å². The van der Waals surface area contributed by atoms with Crippen LogP contribution in [0.25, 0.3) is 0 Å². The fourth-order valence-corrected chi connectivity index (χ4v) is 1.06. The molecule has 5 nitrogen and oxygen atoms in total. The van der Waals surface area contributed by atoms with E-state index in [4.69, 9.17) is 9.47 Å². The van der Waals surface area contributed by atoms with E-state index < -0.39 is 11.7 Å². The Morgan fingerprint density at radius 2 is 2.12 bits per heavy atom. The van der Waals surface area contributed by atoms with Crippen LogP contribution in [0.3, 0.4) is 0 Å². The molecule has 0 radical (unpaired) electrons. The Morgan fingerprint density at radius 1 is 1.44 bits per heavy atom. The number of carbonyl (C=O) groups is 1. The quantitative estimate of drug-likeness (QED) is 0.838. The predicted octanol–water partition coefficient (Wildman–Crippen LogP) is 2.44. The summed E-state index contributed by atoms with van der Waals surface area (Å²) in [6, 6.07) is 3.39. The molecule has 0 aromatic carbocycles. The summed E-state index contributed by atoms with van der Waals surface area (Å²) in [4.78, 5) is 15.4. The van der Waals surface area contributed by atoms with Crippen molar-refractivity contribution in [2.45, 2.75) is 26.4 Å². The second-order valence-electron chi connectivity index (χ2n) is 4.19. The summed E-state index contributed by atoms with van der Waals surface area (Å²) < 4.78 is 10.1. The van der Waals surface area contributed by atoms with Gasteiger partial charge in [-0.2, -0.15) is 0 Å². The summed E-state index contributed by atoms with van der Waals surface area (Å²) in [5.74, 6) is 0.355. The molecule has 1 aromatic heterocycles. The normalized spacial score (nSPS) is 10.8. The van der Waals surface area contributed by atoms with Crippen LogP contribution in [0.5, 0.6) is 5.88 Å². The van der Waals surface area contributed by atoms with Crippen molar-refractivity contribution in [2.75, 3.05) is 12.4 Å². The molecule has 1 rings (SSSR count). The minimum absolute atomic E-state index is 0.355. The largest absolute Gasteiger partial charge is 0.480 e. The molecule has 0 saturated heterocycles. The van der Waals surface area contributed by atoms with Crippen molar-refractivity contribution in [1.29, 1.82) is 0 Å². The molecule has 0 fully saturated rings. The third-order valence-corrected chi connectivity index (χ3v) is 1.60. The summed E-state index contributed by atoms with van der Waals surface area (Å²) in [6.07, 6.45) is 1.05. The molecule has 1 aromatic rings. The Morgan fingerprint density at radius 3 is 2.69 bits per heavy atom. The molecule has 0 bridgehead atoms. The predicted molar refractivity (Wildman–Crippen MR) is 60.6 cm³/mol. The topological polar surface area (TPSA) is 60.5 Å². The highest BCUT2D eigenvalue weighted by Gasteiger charge is 2.17. The summed E-state index contributed by atoms with van der Waals surface area (Å²) in [5, 5.41) is 2.57. The summed E-state index contributed by atoms with van der Waals surface area (Å²) in [6.45, 7) is 5.40. The van der Waals surface area contributed by atoms with Gasteiger partial charge in [0, 0.05) is 6.20 Å². The number of nitrogens with zero attached hydrogens (tertiary/aromatic N) is 1. The highest BCUT2D eigenvalue weighted by Crippen LogP contribution is 2.20. The number of rotatable bonds is 2. The summed E-state index contributed by atoms with van der Waals surface area (Å²) in [7, 11) is 1.49. The molecule has 0 saturated carbocycles. The molecule has 0 atom stereocenters. The third-order valence-electron chi connectivity index (χ3n) is 1.60. The Kier molecular flexibility index (Phi) is 3.71. The van der Waals surface area contributed by atoms with Crippen LogP contribution >= 0.6 is 0 Å². The zero-order valence-corrected chi connectivity index (χ0v) is 9.90. The van der Waals surface area contributed by atoms with Gasteiger partial charge < -0.3 is 9.47 Å². The van der Waals surface area contributed by atoms with E-state index in [-0.39, 0.29) is 0 Å². The summed E-state index contributed by atoms with van der Waals surface area (Å²) in [5.41, 5.74) is -0.0428. The van der Waals surface area contributed by atoms with Crippen LogP contribution in [0, 0.1) is 0 Å². The van der Waals surface area contributed by atoms with Crippen LogP contribution in [0.1, 0.15) is 20.8 Å². The van der Waals surface area contributed by atoms with Crippen molar-refractivity contribution >= 4 is 11.8 Å². The Balaban J connectivity index is 2.70. The monoisotopic (exact) mass is 224 g/mol. The van der Waals surface area contributed by atoms with E-state index in [1.54, 1.807) is 39.1 Å². The van der Waals surface area contributed by atoms with Gasteiger partial charge in [0.1, 0.15) is 11.3 Å². The number of anilines is 1. The lowest BCUT2D eigenvalue weighted by molar-refractivity contribution is 0.0635. The van der Waals surface area contributed by atoms with Crippen molar-refractivity contribution < 1.29 is 14.3 Å². The number of amides is 1. The van der Waals surface area contributed by atoms with Crippen molar-refractivity contribution in [3.8, 4) is 5.88 Å². The maximum absolute atomic E-state index is 11.5.